The number of hydrogen-bond acceptors (Lipinski definition) is 4. The van der Waals surface area contributed by atoms with E-state index in [-0.39, 0.29) is 5.95 Å². The van der Waals surface area contributed by atoms with Crippen LogP contribution in [0, 0.1) is 0 Å². The van der Waals surface area contributed by atoms with E-state index in [4.69, 9.17) is 0 Å². The normalized spacial score (nSPS) is 16.3. The molecule has 4 heteroatoms. The second-order valence-electron chi connectivity index (χ2n) is 1.48. The Kier molecular flexibility index (Phi) is 1.69. The van der Waals surface area contributed by atoms with Gasteiger partial charge < -0.3 is 4.74 Å². The highest BCUT2D eigenvalue weighted by Crippen LogP contribution is 2.07. The molecule has 50 valence electrons. The van der Waals surface area contributed by atoms with Gasteiger partial charge in [0.1, 0.15) is 6.61 Å². The molecule has 0 unspecified atom stereocenters. The summed E-state index contributed by atoms with van der Waals surface area (Å²) in [6.07, 6.45) is 1.53. The Hall–Kier alpha value is -1.03. The third kappa shape index (κ3) is 1.73. The second kappa shape index (κ2) is 2.50. The molecule has 0 amide bonds. The lowest BCUT2D eigenvalue weighted by Gasteiger charge is -1.97. The topological polar surface area (TPSA) is 44.8 Å². The molecule has 0 atom stereocenters. The van der Waals surface area contributed by atoms with Crippen molar-refractivity contribution in [3.63, 3.8) is 0 Å². The summed E-state index contributed by atoms with van der Waals surface area (Å²) in [4.78, 5) is 19.0. The first-order valence-corrected chi connectivity index (χ1v) is 2.47. The molecule has 0 N–H and O–H groups in total. The molecule has 0 fully saturated rings. The van der Waals surface area contributed by atoms with Gasteiger partial charge in [-0.3, -0.25) is 9.68 Å². The van der Waals surface area contributed by atoms with Gasteiger partial charge in [0.2, 0.25) is 0 Å². The predicted octanol–water partition coefficient (Wildman–Crippen LogP) is 0.353. The summed E-state index contributed by atoms with van der Waals surface area (Å²) in [5.41, 5.74) is 0. The van der Waals surface area contributed by atoms with Crippen LogP contribution in [-0.2, 0) is 19.3 Å². The van der Waals surface area contributed by atoms with Crippen molar-refractivity contribution in [1.82, 2.24) is 0 Å². The highest BCUT2D eigenvalue weighted by atomic mass is 17.2. The van der Waals surface area contributed by atoms with Crippen molar-refractivity contribution >= 4 is 5.97 Å². The molecule has 1 aliphatic rings. The molecule has 0 bridgehead atoms. The summed E-state index contributed by atoms with van der Waals surface area (Å²) in [6.45, 7) is 1.63. The Morgan fingerprint density at radius 2 is 2.67 bits per heavy atom. The molecule has 0 aromatic rings. The molecule has 0 saturated heterocycles. The van der Waals surface area contributed by atoms with Crippen LogP contribution >= 0.6 is 0 Å². The van der Waals surface area contributed by atoms with Crippen LogP contribution < -0.4 is 0 Å². The Morgan fingerprint density at radius 3 is 3.11 bits per heavy atom. The van der Waals surface area contributed by atoms with Crippen molar-refractivity contribution in [2.45, 2.75) is 6.92 Å². The summed E-state index contributed by atoms with van der Waals surface area (Å²) < 4.78 is 4.49. The van der Waals surface area contributed by atoms with Crippen LogP contribution in [0.1, 0.15) is 6.92 Å². The van der Waals surface area contributed by atoms with Gasteiger partial charge in [-0.2, -0.15) is 4.89 Å². The Morgan fingerprint density at radius 1 is 1.89 bits per heavy atom. The largest absolute Gasteiger partial charge is 0.391 e. The quantitative estimate of drug-likeness (QED) is 0.379. The number of carbonyl (C=O) groups excluding carboxylic acids is 1. The molecule has 4 nitrogen and oxygen atoms in total. The maximum atomic E-state index is 10.2. The molecule has 1 rings (SSSR count). The van der Waals surface area contributed by atoms with E-state index >= 15 is 0 Å². The van der Waals surface area contributed by atoms with Gasteiger partial charge in [0.25, 0.3) is 0 Å². The minimum atomic E-state index is -0.410. The highest BCUT2D eigenvalue weighted by molar-refractivity contribution is 5.66. The first-order chi connectivity index (χ1) is 4.29. The van der Waals surface area contributed by atoms with E-state index in [9.17, 15) is 4.79 Å². The van der Waals surface area contributed by atoms with E-state index in [1.54, 1.807) is 0 Å². The van der Waals surface area contributed by atoms with E-state index in [1.165, 1.54) is 13.0 Å². The molecular formula is C5H6O4. The summed E-state index contributed by atoms with van der Waals surface area (Å²) in [6, 6.07) is 0. The minimum absolute atomic E-state index is 0.127. The van der Waals surface area contributed by atoms with E-state index in [0.717, 1.165) is 0 Å². The summed E-state index contributed by atoms with van der Waals surface area (Å²) in [5, 5.41) is 0. The van der Waals surface area contributed by atoms with Gasteiger partial charge in [0.15, 0.2) is 0 Å². The van der Waals surface area contributed by atoms with Crippen LogP contribution in [0.5, 0.6) is 0 Å². The van der Waals surface area contributed by atoms with Crippen molar-refractivity contribution in [3.05, 3.63) is 12.0 Å². The standard InChI is InChI=1S/C5H6O4/c1-4(6)8-5-2-3-7-9-5/h2H,3H2,1H3. The van der Waals surface area contributed by atoms with E-state index in [1.807, 2.05) is 0 Å². The molecule has 9 heavy (non-hydrogen) atoms. The monoisotopic (exact) mass is 130 g/mol. The number of rotatable bonds is 1. The highest BCUT2D eigenvalue weighted by Gasteiger charge is 2.09. The first-order valence-electron chi connectivity index (χ1n) is 2.47. The van der Waals surface area contributed by atoms with Crippen molar-refractivity contribution in [1.29, 1.82) is 0 Å². The molecule has 0 spiro atoms. The molecule has 0 radical (unpaired) electrons. The van der Waals surface area contributed by atoms with Gasteiger partial charge in [-0.1, -0.05) is 0 Å². The fourth-order valence-corrected chi connectivity index (χ4v) is 0.429. The zero-order chi connectivity index (χ0) is 6.69. The molecule has 1 heterocycles. The fourth-order valence-electron chi connectivity index (χ4n) is 0.429. The maximum Gasteiger partial charge on any atom is 0.323 e. The number of esters is 1. The van der Waals surface area contributed by atoms with Gasteiger partial charge in [0, 0.05) is 13.0 Å². The predicted molar refractivity (Wildman–Crippen MR) is 26.9 cm³/mol. The number of carbonyl (C=O) groups is 1. The van der Waals surface area contributed by atoms with E-state index in [0.29, 0.717) is 6.61 Å². The van der Waals surface area contributed by atoms with Crippen LogP contribution in [0.2, 0.25) is 0 Å². The lowest BCUT2D eigenvalue weighted by Crippen LogP contribution is -1.97. The Balaban J connectivity index is 2.35. The van der Waals surface area contributed by atoms with Crippen LogP contribution in [0.3, 0.4) is 0 Å². The van der Waals surface area contributed by atoms with Crippen molar-refractivity contribution < 1.29 is 19.3 Å². The summed E-state index contributed by atoms with van der Waals surface area (Å²) in [7, 11) is 0. The molecule has 0 aromatic carbocycles. The van der Waals surface area contributed by atoms with Crippen LogP contribution in [0.4, 0.5) is 0 Å². The van der Waals surface area contributed by atoms with Crippen LogP contribution in [0.25, 0.3) is 0 Å². The minimum Gasteiger partial charge on any atom is -0.391 e. The molecule has 0 aliphatic carbocycles. The second-order valence-corrected chi connectivity index (χ2v) is 1.48. The number of ether oxygens (including phenoxy) is 1. The molecular weight excluding hydrogens is 124 g/mol. The van der Waals surface area contributed by atoms with Gasteiger partial charge in [-0.15, -0.1) is 0 Å². The van der Waals surface area contributed by atoms with Gasteiger partial charge in [-0.25, -0.2) is 0 Å². The maximum absolute atomic E-state index is 10.2. The van der Waals surface area contributed by atoms with Crippen molar-refractivity contribution in [2.24, 2.45) is 0 Å². The average molecular weight is 130 g/mol. The van der Waals surface area contributed by atoms with Crippen molar-refractivity contribution in [2.75, 3.05) is 6.61 Å². The lowest BCUT2D eigenvalue weighted by atomic mass is 10.6. The Labute approximate surface area is 51.9 Å². The van der Waals surface area contributed by atoms with Crippen molar-refractivity contribution in [3.8, 4) is 0 Å². The fraction of sp³-hybridized carbons (Fsp3) is 0.400. The van der Waals surface area contributed by atoms with E-state index < -0.39 is 5.97 Å². The third-order valence-corrected chi connectivity index (χ3v) is 0.703. The number of hydrogen-bond donors (Lipinski definition) is 0. The smallest absolute Gasteiger partial charge is 0.323 e. The van der Waals surface area contributed by atoms with Crippen LogP contribution in [0.15, 0.2) is 12.0 Å². The van der Waals surface area contributed by atoms with E-state index in [2.05, 4.69) is 14.5 Å². The zero-order valence-electron chi connectivity index (χ0n) is 4.92. The summed E-state index contributed by atoms with van der Waals surface area (Å²) >= 11 is 0. The SMILES string of the molecule is CC(=O)OC1=CCOO1. The Bertz CT molecular complexity index is 149. The van der Waals surface area contributed by atoms with Gasteiger partial charge >= 0.3 is 11.9 Å². The average Bonchev–Trinajstić information content (AvgIpc) is 2.15. The molecule has 1 aliphatic heterocycles. The van der Waals surface area contributed by atoms with Gasteiger partial charge in [-0.05, 0) is 0 Å². The third-order valence-electron chi connectivity index (χ3n) is 0.703. The lowest BCUT2D eigenvalue weighted by molar-refractivity contribution is -0.261. The zero-order valence-corrected chi connectivity index (χ0v) is 4.92. The van der Waals surface area contributed by atoms with Crippen LogP contribution in [-0.4, -0.2) is 12.6 Å². The molecule has 0 aromatic heterocycles. The summed E-state index contributed by atoms with van der Waals surface area (Å²) in [5.74, 6) is -0.283. The molecule has 0 saturated carbocycles. The first kappa shape index (κ1) is 6.10. The van der Waals surface area contributed by atoms with Gasteiger partial charge in [0.05, 0.1) is 0 Å².